The van der Waals surface area contributed by atoms with Crippen LogP contribution >= 0.6 is 0 Å². The summed E-state index contributed by atoms with van der Waals surface area (Å²) in [4.78, 5) is 31.3. The smallest absolute Gasteiger partial charge is 0.341 e. The van der Waals surface area contributed by atoms with Gasteiger partial charge in [0.05, 0.1) is 5.69 Å². The lowest BCUT2D eigenvalue weighted by Crippen LogP contribution is -2.18. The van der Waals surface area contributed by atoms with Gasteiger partial charge >= 0.3 is 5.97 Å². The number of carboxylic acids is 1. The van der Waals surface area contributed by atoms with Crippen LogP contribution in [0.1, 0.15) is 23.2 Å². The molecule has 1 saturated heterocycles. The van der Waals surface area contributed by atoms with E-state index in [0.717, 1.165) is 29.9 Å². The molecule has 6 rings (SSSR count). The Kier molecular flexibility index (Phi) is 5.37. The zero-order valence-corrected chi connectivity index (χ0v) is 19.4. The molecular weight excluding hydrogens is 454 g/mol. The number of benzene rings is 3. The third kappa shape index (κ3) is 3.94. The average Bonchev–Trinajstić information content (AvgIpc) is 3.59. The van der Waals surface area contributed by atoms with Gasteiger partial charge in [0.2, 0.25) is 5.89 Å². The summed E-state index contributed by atoms with van der Waals surface area (Å²) in [6.07, 6.45) is 3.76. The number of anilines is 1. The molecule has 0 amide bonds. The predicted molar refractivity (Wildman–Crippen MR) is 139 cm³/mol. The highest BCUT2D eigenvalue weighted by molar-refractivity contribution is 5.88. The van der Waals surface area contributed by atoms with Gasteiger partial charge in [-0.15, -0.1) is 0 Å². The van der Waals surface area contributed by atoms with E-state index in [0.29, 0.717) is 28.4 Å². The summed E-state index contributed by atoms with van der Waals surface area (Å²) < 4.78 is 7.75. The lowest BCUT2D eigenvalue weighted by molar-refractivity contribution is 0.0695. The van der Waals surface area contributed by atoms with Crippen molar-refractivity contribution in [3.05, 3.63) is 101 Å². The van der Waals surface area contributed by atoms with Gasteiger partial charge in [-0.2, -0.15) is 0 Å². The fraction of sp³-hybridized carbons (Fsp3) is 0.138. The Hall–Kier alpha value is -4.65. The van der Waals surface area contributed by atoms with Gasteiger partial charge in [0.25, 0.3) is 0 Å². The Morgan fingerprint density at radius 1 is 0.861 bits per heavy atom. The molecule has 1 fully saturated rings. The molecule has 3 heterocycles. The van der Waals surface area contributed by atoms with E-state index in [2.05, 4.69) is 9.88 Å². The summed E-state index contributed by atoms with van der Waals surface area (Å²) >= 11 is 0. The summed E-state index contributed by atoms with van der Waals surface area (Å²) in [5, 5.41) is 9.61. The van der Waals surface area contributed by atoms with Crippen LogP contribution in [0, 0.1) is 0 Å². The van der Waals surface area contributed by atoms with Gasteiger partial charge in [-0.1, -0.05) is 30.3 Å². The van der Waals surface area contributed by atoms with Crippen LogP contribution < -0.4 is 10.3 Å². The van der Waals surface area contributed by atoms with Crippen molar-refractivity contribution in [3.8, 4) is 28.4 Å². The summed E-state index contributed by atoms with van der Waals surface area (Å²) in [6, 6.07) is 24.5. The van der Waals surface area contributed by atoms with Crippen LogP contribution in [0.25, 0.3) is 39.5 Å². The van der Waals surface area contributed by atoms with Crippen LogP contribution in [0.5, 0.6) is 0 Å². The first kappa shape index (κ1) is 21.9. The normalized spacial score (nSPS) is 13.4. The van der Waals surface area contributed by atoms with Crippen molar-refractivity contribution in [1.29, 1.82) is 0 Å². The third-order valence-electron chi connectivity index (χ3n) is 6.59. The standard InChI is InChI=1S/C29H23N3O4/c33-26-17-25(19-8-10-21(11-9-19)31-14-4-5-15-31)32(18-23(26)29(34)35)22-12-13-24-27(16-22)36-28(30-24)20-6-2-1-3-7-20/h1-3,6-13,16-18H,4-5,14-15H2,(H,34,35). The minimum Gasteiger partial charge on any atom is -0.477 e. The van der Waals surface area contributed by atoms with E-state index in [1.54, 1.807) is 4.57 Å². The quantitative estimate of drug-likeness (QED) is 0.354. The van der Waals surface area contributed by atoms with E-state index in [4.69, 9.17) is 4.42 Å². The molecule has 0 unspecified atom stereocenters. The topological polar surface area (TPSA) is 88.6 Å². The number of aromatic nitrogens is 2. The predicted octanol–water partition coefficient (Wildman–Crippen LogP) is 5.61. The van der Waals surface area contributed by atoms with E-state index in [1.165, 1.54) is 25.1 Å². The van der Waals surface area contributed by atoms with Gasteiger partial charge in [-0.05, 0) is 54.8 Å². The maximum Gasteiger partial charge on any atom is 0.341 e. The molecule has 0 saturated carbocycles. The second-order valence-electron chi connectivity index (χ2n) is 8.89. The summed E-state index contributed by atoms with van der Waals surface area (Å²) in [5.41, 5.74) is 4.51. The number of aromatic carboxylic acids is 1. The second-order valence-corrected chi connectivity index (χ2v) is 8.89. The molecule has 0 aliphatic carbocycles. The minimum atomic E-state index is -1.27. The molecule has 2 aromatic heterocycles. The van der Waals surface area contributed by atoms with Crippen LogP contribution in [-0.4, -0.2) is 33.7 Å². The van der Waals surface area contributed by atoms with Crippen molar-refractivity contribution in [3.63, 3.8) is 0 Å². The molecule has 3 aromatic carbocycles. The highest BCUT2D eigenvalue weighted by atomic mass is 16.4. The molecule has 1 aliphatic heterocycles. The first-order valence-corrected chi connectivity index (χ1v) is 11.9. The van der Waals surface area contributed by atoms with Crippen molar-refractivity contribution in [2.45, 2.75) is 12.8 Å². The van der Waals surface area contributed by atoms with Crippen LogP contribution in [0.3, 0.4) is 0 Å². The first-order valence-electron chi connectivity index (χ1n) is 11.9. The molecule has 7 nitrogen and oxygen atoms in total. The van der Waals surface area contributed by atoms with Gasteiger partial charge < -0.3 is 19.0 Å². The Morgan fingerprint density at radius 2 is 1.58 bits per heavy atom. The summed E-state index contributed by atoms with van der Waals surface area (Å²) in [5.74, 6) is -0.761. The van der Waals surface area contributed by atoms with Crippen LogP contribution in [0.2, 0.25) is 0 Å². The maximum absolute atomic E-state index is 12.7. The molecule has 36 heavy (non-hydrogen) atoms. The van der Waals surface area contributed by atoms with Crippen molar-refractivity contribution >= 4 is 22.8 Å². The van der Waals surface area contributed by atoms with Crippen LogP contribution in [-0.2, 0) is 0 Å². The van der Waals surface area contributed by atoms with E-state index in [-0.39, 0.29) is 5.56 Å². The Bertz CT molecular complexity index is 1630. The largest absolute Gasteiger partial charge is 0.477 e. The summed E-state index contributed by atoms with van der Waals surface area (Å²) in [6.45, 7) is 2.08. The Balaban J connectivity index is 1.46. The zero-order valence-electron chi connectivity index (χ0n) is 19.4. The number of pyridine rings is 1. The number of fused-ring (bicyclic) bond motifs is 1. The van der Waals surface area contributed by atoms with Gasteiger partial charge in [0.1, 0.15) is 11.1 Å². The average molecular weight is 478 g/mol. The number of hydrogen-bond donors (Lipinski definition) is 1. The first-order chi connectivity index (χ1) is 17.6. The number of oxazole rings is 1. The number of hydrogen-bond acceptors (Lipinski definition) is 5. The molecule has 1 aliphatic rings. The molecule has 1 N–H and O–H groups in total. The van der Waals surface area contributed by atoms with E-state index in [1.807, 2.05) is 72.8 Å². The van der Waals surface area contributed by atoms with Gasteiger partial charge in [-0.25, -0.2) is 9.78 Å². The SMILES string of the molecule is O=C(O)c1cn(-c2ccc3nc(-c4ccccc4)oc3c2)c(-c2ccc(N3CCCC3)cc2)cc1=O. The zero-order chi connectivity index (χ0) is 24.6. The van der Waals surface area contributed by atoms with Gasteiger partial charge in [0, 0.05) is 48.4 Å². The van der Waals surface area contributed by atoms with E-state index < -0.39 is 11.4 Å². The van der Waals surface area contributed by atoms with Crippen LogP contribution in [0.15, 0.2) is 94.3 Å². The van der Waals surface area contributed by atoms with E-state index in [9.17, 15) is 14.7 Å². The monoisotopic (exact) mass is 477 g/mol. The summed E-state index contributed by atoms with van der Waals surface area (Å²) in [7, 11) is 0. The minimum absolute atomic E-state index is 0.296. The van der Waals surface area contributed by atoms with Crippen molar-refractivity contribution < 1.29 is 14.3 Å². The molecule has 5 aromatic rings. The third-order valence-corrected chi connectivity index (χ3v) is 6.59. The molecule has 7 heteroatoms. The van der Waals surface area contributed by atoms with Crippen molar-refractivity contribution in [1.82, 2.24) is 9.55 Å². The number of nitrogens with zero attached hydrogens (tertiary/aromatic N) is 3. The second kappa shape index (κ2) is 8.85. The van der Waals surface area contributed by atoms with Crippen molar-refractivity contribution in [2.75, 3.05) is 18.0 Å². The van der Waals surface area contributed by atoms with E-state index >= 15 is 0 Å². The number of rotatable bonds is 5. The molecular formula is C29H23N3O4. The Morgan fingerprint density at radius 3 is 2.31 bits per heavy atom. The maximum atomic E-state index is 12.7. The van der Waals surface area contributed by atoms with Crippen molar-refractivity contribution in [2.24, 2.45) is 0 Å². The fourth-order valence-corrected chi connectivity index (χ4v) is 4.72. The van der Waals surface area contributed by atoms with Gasteiger partial charge in [-0.3, -0.25) is 4.79 Å². The lowest BCUT2D eigenvalue weighted by atomic mass is 10.1. The molecule has 0 bridgehead atoms. The molecule has 0 spiro atoms. The molecule has 0 atom stereocenters. The lowest BCUT2D eigenvalue weighted by Gasteiger charge is -2.19. The number of carboxylic acid groups (broad SMARTS) is 1. The number of carbonyl (C=O) groups is 1. The molecule has 0 radical (unpaired) electrons. The molecule has 178 valence electrons. The van der Waals surface area contributed by atoms with Gasteiger partial charge in [0.15, 0.2) is 11.0 Å². The Labute approximate surface area is 206 Å². The highest BCUT2D eigenvalue weighted by Gasteiger charge is 2.17. The van der Waals surface area contributed by atoms with Crippen LogP contribution in [0.4, 0.5) is 5.69 Å². The fourth-order valence-electron chi connectivity index (χ4n) is 4.72. The highest BCUT2D eigenvalue weighted by Crippen LogP contribution is 2.30.